The predicted octanol–water partition coefficient (Wildman–Crippen LogP) is 2.43. The van der Waals surface area contributed by atoms with Crippen molar-refractivity contribution in [2.75, 3.05) is 13.1 Å². The molecule has 18 heavy (non-hydrogen) atoms. The van der Waals surface area contributed by atoms with E-state index >= 15 is 0 Å². The fourth-order valence-corrected chi connectivity index (χ4v) is 2.38. The third-order valence-electron chi connectivity index (χ3n) is 3.53. The molecule has 0 radical (unpaired) electrons. The average molecular weight is 255 g/mol. The molecule has 1 aromatic carbocycles. The lowest BCUT2D eigenvalue weighted by Crippen LogP contribution is -2.26. The molecule has 0 aliphatic carbocycles. The Morgan fingerprint density at radius 3 is 2.78 bits per heavy atom. The second-order valence-corrected chi connectivity index (χ2v) is 4.66. The van der Waals surface area contributed by atoms with Gasteiger partial charge in [0.1, 0.15) is 11.6 Å². The lowest BCUT2D eigenvalue weighted by Gasteiger charge is -2.24. The largest absolute Gasteiger partial charge is 0.481 e. The molecule has 1 aliphatic rings. The molecule has 1 aliphatic heterocycles. The Morgan fingerprint density at radius 1 is 1.50 bits per heavy atom. The van der Waals surface area contributed by atoms with Crippen LogP contribution in [-0.2, 0) is 4.79 Å². The van der Waals surface area contributed by atoms with Gasteiger partial charge in [0.15, 0.2) is 0 Å². The van der Waals surface area contributed by atoms with E-state index in [-0.39, 0.29) is 6.04 Å². The number of hydrogen-bond acceptors (Lipinski definition) is 2. The minimum absolute atomic E-state index is 0.241. The van der Waals surface area contributed by atoms with Crippen LogP contribution in [0.5, 0.6) is 0 Å². The normalized spacial score (nSPS) is 22.1. The van der Waals surface area contributed by atoms with Crippen LogP contribution in [0.4, 0.5) is 8.78 Å². The molecule has 5 heteroatoms. The summed E-state index contributed by atoms with van der Waals surface area (Å²) in [6.07, 6.45) is 0.572. The number of carboxylic acids is 1. The van der Waals surface area contributed by atoms with Gasteiger partial charge >= 0.3 is 5.97 Å². The van der Waals surface area contributed by atoms with Crippen LogP contribution in [0.15, 0.2) is 18.2 Å². The summed E-state index contributed by atoms with van der Waals surface area (Å²) in [5, 5.41) is 8.92. The molecule has 1 N–H and O–H groups in total. The molecule has 98 valence electrons. The molecule has 0 saturated carbocycles. The number of aliphatic carboxylic acids is 1. The number of rotatable bonds is 3. The van der Waals surface area contributed by atoms with Crippen molar-refractivity contribution in [3.63, 3.8) is 0 Å². The molecule has 1 aromatic rings. The molecule has 1 heterocycles. The molecule has 0 unspecified atom stereocenters. The first-order chi connectivity index (χ1) is 8.49. The van der Waals surface area contributed by atoms with Crippen molar-refractivity contribution < 1.29 is 18.7 Å². The van der Waals surface area contributed by atoms with Crippen LogP contribution in [0.25, 0.3) is 0 Å². The molecule has 1 saturated heterocycles. The summed E-state index contributed by atoms with van der Waals surface area (Å²) in [6, 6.07) is 3.26. The first-order valence-electron chi connectivity index (χ1n) is 5.91. The summed E-state index contributed by atoms with van der Waals surface area (Å²) in [5.41, 5.74) is 0.405. The summed E-state index contributed by atoms with van der Waals surface area (Å²) < 4.78 is 26.5. The van der Waals surface area contributed by atoms with Gasteiger partial charge in [0, 0.05) is 24.2 Å². The molecular formula is C13H15F2NO2. The van der Waals surface area contributed by atoms with Crippen LogP contribution in [-0.4, -0.2) is 29.1 Å². The van der Waals surface area contributed by atoms with Gasteiger partial charge in [-0.15, -0.1) is 0 Å². The SMILES string of the molecule is C[C@@H](c1ccc(F)cc1F)N1CC[C@@H](C(=O)O)C1. The Kier molecular flexibility index (Phi) is 3.61. The summed E-state index contributed by atoms with van der Waals surface area (Å²) in [5.74, 6) is -2.39. The van der Waals surface area contributed by atoms with E-state index in [1.54, 1.807) is 6.92 Å². The van der Waals surface area contributed by atoms with Crippen LogP contribution < -0.4 is 0 Å². The number of benzene rings is 1. The van der Waals surface area contributed by atoms with E-state index < -0.39 is 23.5 Å². The van der Waals surface area contributed by atoms with Crippen LogP contribution in [0.3, 0.4) is 0 Å². The van der Waals surface area contributed by atoms with Crippen molar-refractivity contribution in [1.29, 1.82) is 0 Å². The summed E-state index contributed by atoms with van der Waals surface area (Å²) in [4.78, 5) is 12.8. The van der Waals surface area contributed by atoms with E-state index in [4.69, 9.17) is 5.11 Å². The zero-order valence-corrected chi connectivity index (χ0v) is 10.1. The van der Waals surface area contributed by atoms with E-state index in [0.717, 1.165) is 6.07 Å². The average Bonchev–Trinajstić information content (AvgIpc) is 2.77. The van der Waals surface area contributed by atoms with Gasteiger partial charge in [-0.1, -0.05) is 6.07 Å². The Labute approximate surface area is 104 Å². The maximum Gasteiger partial charge on any atom is 0.307 e. The van der Waals surface area contributed by atoms with E-state index in [2.05, 4.69) is 0 Å². The fraction of sp³-hybridized carbons (Fsp3) is 0.462. The number of halogens is 2. The first-order valence-corrected chi connectivity index (χ1v) is 5.91. The smallest absolute Gasteiger partial charge is 0.307 e. The van der Waals surface area contributed by atoms with Crippen LogP contribution in [0, 0.1) is 17.6 Å². The third kappa shape index (κ3) is 2.51. The molecule has 0 amide bonds. The molecular weight excluding hydrogens is 240 g/mol. The van der Waals surface area contributed by atoms with Gasteiger partial charge in [-0.3, -0.25) is 9.69 Å². The lowest BCUT2D eigenvalue weighted by molar-refractivity contribution is -0.141. The van der Waals surface area contributed by atoms with E-state index in [9.17, 15) is 13.6 Å². The van der Waals surface area contributed by atoms with Crippen molar-refractivity contribution in [3.8, 4) is 0 Å². The first kappa shape index (κ1) is 13.0. The highest BCUT2D eigenvalue weighted by Crippen LogP contribution is 2.29. The van der Waals surface area contributed by atoms with Crippen molar-refractivity contribution in [2.24, 2.45) is 5.92 Å². The second-order valence-electron chi connectivity index (χ2n) is 4.66. The van der Waals surface area contributed by atoms with Gasteiger partial charge in [0.2, 0.25) is 0 Å². The third-order valence-corrected chi connectivity index (χ3v) is 3.53. The lowest BCUT2D eigenvalue weighted by atomic mass is 10.1. The zero-order valence-electron chi connectivity index (χ0n) is 10.1. The molecule has 0 spiro atoms. The maximum atomic E-state index is 13.6. The fourth-order valence-electron chi connectivity index (χ4n) is 2.38. The van der Waals surface area contributed by atoms with Gasteiger partial charge in [0.05, 0.1) is 5.92 Å². The van der Waals surface area contributed by atoms with Crippen molar-refractivity contribution in [3.05, 3.63) is 35.4 Å². The van der Waals surface area contributed by atoms with Crippen LogP contribution >= 0.6 is 0 Å². The number of likely N-dealkylation sites (tertiary alicyclic amines) is 1. The van der Waals surface area contributed by atoms with Gasteiger partial charge in [-0.25, -0.2) is 8.78 Å². The standard InChI is InChI=1S/C13H15F2NO2/c1-8(11-3-2-10(14)6-12(11)15)16-5-4-9(7-16)13(17)18/h2-3,6,8-9H,4-5,7H2,1H3,(H,17,18)/t8-,9+/m0/s1. The quantitative estimate of drug-likeness (QED) is 0.901. The van der Waals surface area contributed by atoms with Crippen molar-refractivity contribution in [1.82, 2.24) is 4.90 Å². The summed E-state index contributed by atoms with van der Waals surface area (Å²) in [6.45, 7) is 2.84. The van der Waals surface area contributed by atoms with Gasteiger partial charge in [-0.2, -0.15) is 0 Å². The highest BCUT2D eigenvalue weighted by molar-refractivity contribution is 5.70. The summed E-state index contributed by atoms with van der Waals surface area (Å²) >= 11 is 0. The number of carboxylic acid groups (broad SMARTS) is 1. The van der Waals surface area contributed by atoms with Crippen LogP contribution in [0.2, 0.25) is 0 Å². The number of carbonyl (C=O) groups is 1. The highest BCUT2D eigenvalue weighted by atomic mass is 19.1. The van der Waals surface area contributed by atoms with Crippen LogP contribution in [0.1, 0.15) is 24.9 Å². The van der Waals surface area contributed by atoms with Gasteiger partial charge in [0.25, 0.3) is 0 Å². The van der Waals surface area contributed by atoms with Gasteiger partial charge in [-0.05, 0) is 26.0 Å². The molecule has 2 rings (SSSR count). The molecule has 0 bridgehead atoms. The topological polar surface area (TPSA) is 40.5 Å². The Hall–Kier alpha value is -1.49. The van der Waals surface area contributed by atoms with Crippen molar-refractivity contribution >= 4 is 5.97 Å². The highest BCUT2D eigenvalue weighted by Gasteiger charge is 2.31. The minimum Gasteiger partial charge on any atom is -0.481 e. The Balaban J connectivity index is 2.12. The predicted molar refractivity (Wildman–Crippen MR) is 62.1 cm³/mol. The van der Waals surface area contributed by atoms with E-state index in [1.165, 1.54) is 12.1 Å². The minimum atomic E-state index is -0.815. The van der Waals surface area contributed by atoms with E-state index in [1.807, 2.05) is 4.90 Å². The molecule has 1 fully saturated rings. The Bertz CT molecular complexity index is 464. The molecule has 2 atom stereocenters. The summed E-state index contributed by atoms with van der Waals surface area (Å²) in [7, 11) is 0. The Morgan fingerprint density at radius 2 is 2.22 bits per heavy atom. The maximum absolute atomic E-state index is 13.6. The van der Waals surface area contributed by atoms with Crippen molar-refractivity contribution in [2.45, 2.75) is 19.4 Å². The second kappa shape index (κ2) is 5.02. The zero-order chi connectivity index (χ0) is 13.3. The van der Waals surface area contributed by atoms with Gasteiger partial charge < -0.3 is 5.11 Å². The van der Waals surface area contributed by atoms with E-state index in [0.29, 0.717) is 25.1 Å². The molecule has 3 nitrogen and oxygen atoms in total. The number of hydrogen-bond donors (Lipinski definition) is 1. The molecule has 0 aromatic heterocycles. The monoisotopic (exact) mass is 255 g/mol. The number of nitrogens with zero attached hydrogens (tertiary/aromatic N) is 1.